The van der Waals surface area contributed by atoms with Gasteiger partial charge in [-0.3, -0.25) is 20.2 Å². The molecule has 0 spiro atoms. The van der Waals surface area contributed by atoms with Crippen molar-refractivity contribution in [1.29, 1.82) is 0 Å². The number of anilines is 2. The fraction of sp³-hybridized carbons (Fsp3) is 0.714. The van der Waals surface area contributed by atoms with Crippen LogP contribution in [0.1, 0.15) is 58.6 Å². The molecule has 3 unspecified atom stereocenters. The molecule has 0 saturated carbocycles. The van der Waals surface area contributed by atoms with Crippen LogP contribution in [-0.2, 0) is 11.3 Å². The van der Waals surface area contributed by atoms with Crippen LogP contribution < -0.4 is 21.5 Å². The average molecular weight is 509 g/mol. The van der Waals surface area contributed by atoms with Crippen LogP contribution >= 0.6 is 0 Å². The minimum Gasteiger partial charge on any atom is -0.379 e. The Morgan fingerprint density at radius 2 is 1.81 bits per heavy atom. The topological polar surface area (TPSA) is 89.6 Å². The summed E-state index contributed by atoms with van der Waals surface area (Å²) in [5, 5.41) is 8.60. The number of ether oxygens (including phenoxy) is 1. The van der Waals surface area contributed by atoms with Crippen LogP contribution in [0.15, 0.2) is 18.2 Å². The highest BCUT2D eigenvalue weighted by Gasteiger charge is 2.40. The zero-order chi connectivity index (χ0) is 25.4. The summed E-state index contributed by atoms with van der Waals surface area (Å²) in [5.41, 5.74) is 8.76. The molecule has 6 rings (SSSR count). The van der Waals surface area contributed by atoms with Crippen LogP contribution in [0.25, 0.3) is 10.9 Å². The standard InChI is InChI=1S/C28H44N8O/c1-18(2)16-36-22-5-6-23(36)14-21(13-22)30-28-24-7-4-20(17-35-8-10-37-11-9-35)29-25(24)15-26(32-28)31-27-12-19(3)33-34-27/h4,7,15,18-19,21-23,27,33-34H,5-6,8-14,16-17H2,1-3H3,(H2,30,31,32)/t19?,21?,22-,23+,27?. The summed E-state index contributed by atoms with van der Waals surface area (Å²) >= 11 is 0. The van der Waals surface area contributed by atoms with E-state index in [1.807, 2.05) is 0 Å². The van der Waals surface area contributed by atoms with E-state index < -0.39 is 0 Å². The Morgan fingerprint density at radius 3 is 2.51 bits per heavy atom. The Balaban J connectivity index is 1.24. The third-order valence-corrected chi connectivity index (χ3v) is 8.45. The van der Waals surface area contributed by atoms with Crippen LogP contribution in [0.3, 0.4) is 0 Å². The van der Waals surface area contributed by atoms with E-state index in [4.69, 9.17) is 14.7 Å². The van der Waals surface area contributed by atoms with E-state index in [1.54, 1.807) is 0 Å². The zero-order valence-corrected chi connectivity index (χ0v) is 22.7. The Kier molecular flexibility index (Phi) is 7.49. The molecular weight excluding hydrogens is 464 g/mol. The second kappa shape index (κ2) is 11.0. The second-order valence-electron chi connectivity index (χ2n) is 12.0. The minimum atomic E-state index is 0.152. The van der Waals surface area contributed by atoms with E-state index in [-0.39, 0.29) is 6.17 Å². The molecular formula is C28H44N8O. The van der Waals surface area contributed by atoms with Gasteiger partial charge in [0.1, 0.15) is 11.6 Å². The third kappa shape index (κ3) is 5.86. The van der Waals surface area contributed by atoms with Gasteiger partial charge in [-0.2, -0.15) is 0 Å². The minimum absolute atomic E-state index is 0.152. The van der Waals surface area contributed by atoms with Gasteiger partial charge in [-0.25, -0.2) is 10.4 Å². The first-order valence-electron chi connectivity index (χ1n) is 14.4. The molecule has 37 heavy (non-hydrogen) atoms. The molecule has 0 aromatic carbocycles. The molecule has 4 aliphatic rings. The van der Waals surface area contributed by atoms with Gasteiger partial charge in [-0.15, -0.1) is 0 Å². The number of rotatable bonds is 8. The number of pyridine rings is 2. The summed E-state index contributed by atoms with van der Waals surface area (Å²) in [6, 6.07) is 8.78. The molecule has 202 valence electrons. The first-order valence-corrected chi connectivity index (χ1v) is 14.4. The quantitative estimate of drug-likeness (QED) is 0.429. The maximum atomic E-state index is 5.53. The third-order valence-electron chi connectivity index (χ3n) is 8.45. The van der Waals surface area contributed by atoms with E-state index >= 15 is 0 Å². The number of nitrogens with zero attached hydrogens (tertiary/aromatic N) is 4. The number of hydrogen-bond donors (Lipinski definition) is 4. The Labute approximate surface area is 221 Å². The lowest BCUT2D eigenvalue weighted by Crippen LogP contribution is -2.48. The SMILES string of the molecule is CC(C)CN1[C@@H]2CC[C@H]1CC(Nc1nc(NC3CC(C)NN3)cc3nc(CN4CCOCC4)ccc13)C2. The first-order chi connectivity index (χ1) is 18.0. The molecule has 0 radical (unpaired) electrons. The molecule has 2 bridgehead atoms. The second-order valence-corrected chi connectivity index (χ2v) is 12.0. The zero-order valence-electron chi connectivity index (χ0n) is 22.7. The van der Waals surface area contributed by atoms with Gasteiger partial charge in [0.25, 0.3) is 0 Å². The summed E-state index contributed by atoms with van der Waals surface area (Å²) in [6.07, 6.45) is 6.20. The van der Waals surface area contributed by atoms with Gasteiger partial charge < -0.3 is 15.4 Å². The molecule has 4 aliphatic heterocycles. The first kappa shape index (κ1) is 25.2. The molecule has 9 nitrogen and oxygen atoms in total. The van der Waals surface area contributed by atoms with E-state index in [2.05, 4.69) is 70.3 Å². The maximum Gasteiger partial charge on any atom is 0.138 e. The van der Waals surface area contributed by atoms with Crippen molar-refractivity contribution in [3.05, 3.63) is 23.9 Å². The summed E-state index contributed by atoms with van der Waals surface area (Å²) in [4.78, 5) is 15.4. The molecule has 6 heterocycles. The number of piperidine rings is 1. The molecule has 4 saturated heterocycles. The van der Waals surface area contributed by atoms with Crippen LogP contribution in [0.2, 0.25) is 0 Å². The van der Waals surface area contributed by atoms with Crippen LogP contribution in [0.5, 0.6) is 0 Å². The van der Waals surface area contributed by atoms with Gasteiger partial charge in [0.05, 0.1) is 30.6 Å². The van der Waals surface area contributed by atoms with Gasteiger partial charge in [0, 0.05) is 61.8 Å². The predicted molar refractivity (Wildman–Crippen MR) is 148 cm³/mol. The van der Waals surface area contributed by atoms with Crippen LogP contribution in [0, 0.1) is 5.92 Å². The number of hydrogen-bond acceptors (Lipinski definition) is 9. The van der Waals surface area contributed by atoms with Crippen molar-refractivity contribution in [1.82, 2.24) is 30.6 Å². The monoisotopic (exact) mass is 508 g/mol. The maximum absolute atomic E-state index is 5.53. The predicted octanol–water partition coefficient (Wildman–Crippen LogP) is 3.15. The summed E-state index contributed by atoms with van der Waals surface area (Å²) in [6.45, 7) is 12.5. The molecule has 4 N–H and O–H groups in total. The normalized spacial score (nSPS) is 30.9. The van der Waals surface area contributed by atoms with Crippen molar-refractivity contribution >= 4 is 22.5 Å². The van der Waals surface area contributed by atoms with Crippen molar-refractivity contribution in [2.24, 2.45) is 5.92 Å². The van der Waals surface area contributed by atoms with Crippen molar-refractivity contribution in [2.75, 3.05) is 43.5 Å². The molecule has 4 fully saturated rings. The smallest absolute Gasteiger partial charge is 0.138 e. The molecule has 2 aromatic rings. The van der Waals surface area contributed by atoms with Crippen molar-refractivity contribution in [3.63, 3.8) is 0 Å². The summed E-state index contributed by atoms with van der Waals surface area (Å²) in [5.74, 6) is 2.56. The average Bonchev–Trinajstić information content (AvgIpc) is 3.37. The summed E-state index contributed by atoms with van der Waals surface area (Å²) in [7, 11) is 0. The van der Waals surface area contributed by atoms with E-state index in [9.17, 15) is 0 Å². The molecule has 0 amide bonds. The van der Waals surface area contributed by atoms with Crippen molar-refractivity contribution < 1.29 is 4.74 Å². The van der Waals surface area contributed by atoms with E-state index in [0.29, 0.717) is 24.2 Å². The highest BCUT2D eigenvalue weighted by atomic mass is 16.5. The number of aromatic nitrogens is 2. The largest absolute Gasteiger partial charge is 0.379 e. The van der Waals surface area contributed by atoms with Gasteiger partial charge in [0.15, 0.2) is 0 Å². The van der Waals surface area contributed by atoms with Gasteiger partial charge in [-0.1, -0.05) is 13.8 Å². The van der Waals surface area contributed by atoms with Crippen LogP contribution in [0.4, 0.5) is 11.6 Å². The number of morpholine rings is 1. The van der Waals surface area contributed by atoms with Gasteiger partial charge >= 0.3 is 0 Å². The lowest BCUT2D eigenvalue weighted by molar-refractivity contribution is 0.0337. The Morgan fingerprint density at radius 1 is 1.03 bits per heavy atom. The fourth-order valence-corrected chi connectivity index (χ4v) is 6.72. The van der Waals surface area contributed by atoms with Gasteiger partial charge in [-0.05, 0) is 57.1 Å². The van der Waals surface area contributed by atoms with Crippen LogP contribution in [-0.4, -0.2) is 82.9 Å². The molecule has 9 heteroatoms. The lowest BCUT2D eigenvalue weighted by Gasteiger charge is -2.40. The number of fused-ring (bicyclic) bond motifs is 3. The highest BCUT2D eigenvalue weighted by Crippen LogP contribution is 2.38. The van der Waals surface area contributed by atoms with Crippen molar-refractivity contribution in [2.45, 2.75) is 89.8 Å². The highest BCUT2D eigenvalue weighted by molar-refractivity contribution is 5.91. The lowest BCUT2D eigenvalue weighted by atomic mass is 9.96. The number of nitrogens with one attached hydrogen (secondary N) is 4. The fourth-order valence-electron chi connectivity index (χ4n) is 6.72. The Hall–Kier alpha value is -2.04. The molecule has 0 aliphatic carbocycles. The number of hydrazine groups is 1. The van der Waals surface area contributed by atoms with Crippen molar-refractivity contribution in [3.8, 4) is 0 Å². The van der Waals surface area contributed by atoms with Gasteiger partial charge in [0.2, 0.25) is 0 Å². The van der Waals surface area contributed by atoms with E-state index in [0.717, 1.165) is 73.4 Å². The summed E-state index contributed by atoms with van der Waals surface area (Å²) < 4.78 is 5.53. The molecule has 2 aromatic heterocycles. The molecule has 5 atom stereocenters. The van der Waals surface area contributed by atoms with E-state index in [1.165, 1.54) is 32.2 Å². The Bertz CT molecular complexity index is 1050.